The lowest BCUT2D eigenvalue weighted by molar-refractivity contribution is -0.130. The third kappa shape index (κ3) is 3.50. The Balaban J connectivity index is 2.18. The molecule has 3 heteroatoms. The summed E-state index contributed by atoms with van der Waals surface area (Å²) in [7, 11) is 4.12. The fraction of sp³-hybridized carbons (Fsp3) is 0.588. The third-order valence-electron chi connectivity index (χ3n) is 4.56. The van der Waals surface area contributed by atoms with E-state index in [9.17, 15) is 4.79 Å². The summed E-state index contributed by atoms with van der Waals surface area (Å²) < 4.78 is 1.04. The normalized spacial score (nSPS) is 18.8. The van der Waals surface area contributed by atoms with E-state index < -0.39 is 0 Å². The first-order valence-electron chi connectivity index (χ1n) is 7.50. The maximum Gasteiger partial charge on any atom is 0.157 e. The highest BCUT2D eigenvalue weighted by Gasteiger charge is 2.39. The first-order valence-corrected chi connectivity index (χ1v) is 8.29. The molecular weight excluding hydrogens is 314 g/mol. The van der Waals surface area contributed by atoms with Crippen LogP contribution in [0.2, 0.25) is 0 Å². The average molecular weight is 338 g/mol. The first-order chi connectivity index (χ1) is 9.54. The van der Waals surface area contributed by atoms with E-state index in [0.29, 0.717) is 12.2 Å². The van der Waals surface area contributed by atoms with E-state index >= 15 is 0 Å². The zero-order valence-corrected chi connectivity index (χ0v) is 14.1. The van der Waals surface area contributed by atoms with Crippen molar-refractivity contribution in [1.29, 1.82) is 0 Å². The van der Waals surface area contributed by atoms with Crippen molar-refractivity contribution in [3.8, 4) is 0 Å². The van der Waals surface area contributed by atoms with Crippen molar-refractivity contribution in [1.82, 2.24) is 4.90 Å². The lowest BCUT2D eigenvalue weighted by atomic mass is 9.82. The smallest absolute Gasteiger partial charge is 0.157 e. The Morgan fingerprint density at radius 1 is 1.20 bits per heavy atom. The Hall–Kier alpha value is -0.670. The van der Waals surface area contributed by atoms with Crippen molar-refractivity contribution in [2.45, 2.75) is 50.5 Å². The van der Waals surface area contributed by atoms with Gasteiger partial charge in [-0.25, -0.2) is 0 Å². The van der Waals surface area contributed by atoms with Crippen LogP contribution in [0.15, 0.2) is 28.7 Å². The SMILES string of the molecule is CN(C)C1(C(=O)Cc2cccc(Br)c2)CCCCCC1. The van der Waals surface area contributed by atoms with Crippen LogP contribution < -0.4 is 0 Å². The van der Waals surface area contributed by atoms with E-state index in [-0.39, 0.29) is 5.54 Å². The summed E-state index contributed by atoms with van der Waals surface area (Å²) in [6.45, 7) is 0. The molecule has 1 aromatic carbocycles. The van der Waals surface area contributed by atoms with Crippen molar-refractivity contribution in [2.75, 3.05) is 14.1 Å². The number of carbonyl (C=O) groups excluding carboxylic acids is 1. The topological polar surface area (TPSA) is 20.3 Å². The van der Waals surface area contributed by atoms with Gasteiger partial charge in [-0.1, -0.05) is 53.7 Å². The highest BCUT2D eigenvalue weighted by molar-refractivity contribution is 9.10. The molecule has 0 bridgehead atoms. The number of ketones is 1. The van der Waals surface area contributed by atoms with E-state index in [4.69, 9.17) is 0 Å². The van der Waals surface area contributed by atoms with E-state index in [1.807, 2.05) is 18.2 Å². The van der Waals surface area contributed by atoms with Gasteiger partial charge in [-0.3, -0.25) is 9.69 Å². The summed E-state index contributed by atoms with van der Waals surface area (Å²) in [6, 6.07) is 8.10. The Labute approximate surface area is 130 Å². The molecule has 0 aromatic heterocycles. The second-order valence-corrected chi connectivity index (χ2v) is 6.99. The van der Waals surface area contributed by atoms with E-state index in [1.165, 1.54) is 25.7 Å². The molecule has 0 heterocycles. The largest absolute Gasteiger partial charge is 0.297 e. The van der Waals surface area contributed by atoms with E-state index in [0.717, 1.165) is 22.9 Å². The maximum atomic E-state index is 12.9. The van der Waals surface area contributed by atoms with Gasteiger partial charge in [0.05, 0.1) is 5.54 Å². The van der Waals surface area contributed by atoms with Gasteiger partial charge in [-0.2, -0.15) is 0 Å². The minimum atomic E-state index is -0.251. The molecule has 1 fully saturated rings. The standard InChI is InChI=1S/C17H24BrNO/c1-19(2)17(10-5-3-4-6-11-17)16(20)13-14-8-7-9-15(18)12-14/h7-9,12H,3-6,10-11,13H2,1-2H3. The summed E-state index contributed by atoms with van der Waals surface area (Å²) >= 11 is 3.48. The minimum absolute atomic E-state index is 0.251. The highest BCUT2D eigenvalue weighted by atomic mass is 79.9. The molecule has 0 unspecified atom stereocenters. The van der Waals surface area contributed by atoms with Gasteiger partial charge in [0.2, 0.25) is 0 Å². The van der Waals surface area contributed by atoms with Crippen LogP contribution >= 0.6 is 15.9 Å². The average Bonchev–Trinajstić information content (AvgIpc) is 2.65. The molecule has 0 N–H and O–H groups in total. The minimum Gasteiger partial charge on any atom is -0.297 e. The van der Waals surface area contributed by atoms with Crippen LogP contribution in [0.4, 0.5) is 0 Å². The molecule has 0 saturated heterocycles. The summed E-state index contributed by atoms with van der Waals surface area (Å²) in [5.74, 6) is 0.377. The number of hydrogen-bond acceptors (Lipinski definition) is 2. The summed E-state index contributed by atoms with van der Waals surface area (Å²) in [6.07, 6.45) is 7.42. The maximum absolute atomic E-state index is 12.9. The molecule has 1 saturated carbocycles. The lowest BCUT2D eigenvalue weighted by Gasteiger charge is -2.38. The van der Waals surface area contributed by atoms with E-state index in [1.54, 1.807) is 0 Å². The van der Waals surface area contributed by atoms with Crippen LogP contribution in [-0.2, 0) is 11.2 Å². The first kappa shape index (κ1) is 15.7. The van der Waals surface area contributed by atoms with Gasteiger partial charge in [-0.05, 0) is 44.6 Å². The van der Waals surface area contributed by atoms with Crippen molar-refractivity contribution in [3.05, 3.63) is 34.3 Å². The second-order valence-electron chi connectivity index (χ2n) is 6.07. The number of hydrogen-bond donors (Lipinski definition) is 0. The molecule has 2 nitrogen and oxygen atoms in total. The second kappa shape index (κ2) is 6.86. The predicted molar refractivity (Wildman–Crippen MR) is 87.0 cm³/mol. The molecule has 0 amide bonds. The third-order valence-corrected chi connectivity index (χ3v) is 5.05. The lowest BCUT2D eigenvalue weighted by Crippen LogP contribution is -2.51. The van der Waals surface area contributed by atoms with Crippen molar-refractivity contribution < 1.29 is 4.79 Å². The van der Waals surface area contributed by atoms with Gasteiger partial charge in [-0.15, -0.1) is 0 Å². The molecule has 1 aliphatic carbocycles. The van der Waals surface area contributed by atoms with Crippen LogP contribution in [0.3, 0.4) is 0 Å². The predicted octanol–water partition coefficient (Wildman–Crippen LogP) is 4.22. The number of carbonyl (C=O) groups is 1. The molecule has 1 aromatic rings. The van der Waals surface area contributed by atoms with Crippen molar-refractivity contribution >= 4 is 21.7 Å². The molecule has 0 spiro atoms. The van der Waals surface area contributed by atoms with Crippen LogP contribution in [0.25, 0.3) is 0 Å². The van der Waals surface area contributed by atoms with Gasteiger partial charge in [0, 0.05) is 10.9 Å². The Morgan fingerprint density at radius 2 is 1.85 bits per heavy atom. The Kier molecular flexibility index (Phi) is 5.39. The van der Waals surface area contributed by atoms with Crippen molar-refractivity contribution in [2.24, 2.45) is 0 Å². The Bertz CT molecular complexity index is 462. The number of likely N-dealkylation sites (N-methyl/N-ethyl adjacent to an activating group) is 1. The number of nitrogens with zero attached hydrogens (tertiary/aromatic N) is 1. The van der Waals surface area contributed by atoms with Gasteiger partial charge in [0.25, 0.3) is 0 Å². The molecule has 1 aliphatic rings. The number of halogens is 1. The fourth-order valence-corrected chi connectivity index (χ4v) is 3.73. The zero-order valence-electron chi connectivity index (χ0n) is 12.5. The summed E-state index contributed by atoms with van der Waals surface area (Å²) in [4.78, 5) is 15.1. The molecular formula is C17H24BrNO. The zero-order chi connectivity index (χ0) is 14.6. The highest BCUT2D eigenvalue weighted by Crippen LogP contribution is 2.33. The Morgan fingerprint density at radius 3 is 2.40 bits per heavy atom. The number of Topliss-reactive ketones (excluding diaryl/α,β-unsaturated/α-hetero) is 1. The fourth-order valence-electron chi connectivity index (χ4n) is 3.29. The molecule has 0 atom stereocenters. The van der Waals surface area contributed by atoms with E-state index in [2.05, 4.69) is 41.0 Å². The molecule has 2 rings (SSSR count). The van der Waals surface area contributed by atoms with Gasteiger partial charge >= 0.3 is 0 Å². The molecule has 20 heavy (non-hydrogen) atoms. The van der Waals surface area contributed by atoms with Crippen LogP contribution in [-0.4, -0.2) is 30.3 Å². The van der Waals surface area contributed by atoms with Crippen LogP contribution in [0.5, 0.6) is 0 Å². The molecule has 0 aliphatic heterocycles. The molecule has 0 radical (unpaired) electrons. The molecule has 110 valence electrons. The van der Waals surface area contributed by atoms with Crippen molar-refractivity contribution in [3.63, 3.8) is 0 Å². The van der Waals surface area contributed by atoms with Crippen LogP contribution in [0.1, 0.15) is 44.1 Å². The van der Waals surface area contributed by atoms with Gasteiger partial charge in [0.15, 0.2) is 5.78 Å². The van der Waals surface area contributed by atoms with Gasteiger partial charge < -0.3 is 0 Å². The van der Waals surface area contributed by atoms with Crippen LogP contribution in [0, 0.1) is 0 Å². The number of benzene rings is 1. The quantitative estimate of drug-likeness (QED) is 0.767. The van der Waals surface area contributed by atoms with Gasteiger partial charge in [0.1, 0.15) is 0 Å². The summed E-state index contributed by atoms with van der Waals surface area (Å²) in [5, 5.41) is 0. The summed E-state index contributed by atoms with van der Waals surface area (Å²) in [5.41, 5.74) is 0.855. The monoisotopic (exact) mass is 337 g/mol. The number of rotatable bonds is 4.